The summed E-state index contributed by atoms with van der Waals surface area (Å²) < 4.78 is 8.35. The van der Waals surface area contributed by atoms with E-state index in [0.29, 0.717) is 24.2 Å². The minimum Gasteiger partial charge on any atom is -0.491 e. The van der Waals surface area contributed by atoms with E-state index >= 15 is 0 Å². The van der Waals surface area contributed by atoms with E-state index in [1.54, 1.807) is 6.08 Å². The van der Waals surface area contributed by atoms with Crippen molar-refractivity contribution >= 4 is 50.7 Å². The molecule has 0 aliphatic carbocycles. The Kier molecular flexibility index (Phi) is 6.78. The number of benzene rings is 2. The number of thioether (sulfide) groups is 1. The molecule has 2 aromatic carbocycles. The zero-order valence-electron chi connectivity index (χ0n) is 20.7. The van der Waals surface area contributed by atoms with Crippen LogP contribution in [-0.4, -0.2) is 38.1 Å². The molecule has 0 spiro atoms. The zero-order chi connectivity index (χ0) is 25.2. The molecule has 0 unspecified atom stereocenters. The number of ether oxygens (including phenoxy) is 1. The number of rotatable bonds is 8. The summed E-state index contributed by atoms with van der Waals surface area (Å²) in [6, 6.07) is 16.3. The van der Waals surface area contributed by atoms with Gasteiger partial charge in [0.2, 0.25) is 5.17 Å². The highest BCUT2D eigenvalue weighted by Gasteiger charge is 2.35. The van der Waals surface area contributed by atoms with Crippen LogP contribution in [0, 0.1) is 5.41 Å². The maximum absolute atomic E-state index is 12.8. The van der Waals surface area contributed by atoms with Gasteiger partial charge >= 0.3 is 0 Å². The molecule has 184 valence electrons. The molecule has 7 nitrogen and oxygen atoms in total. The zero-order valence-corrected chi connectivity index (χ0v) is 21.5. The third-order valence-electron chi connectivity index (χ3n) is 6.57. The van der Waals surface area contributed by atoms with Crippen LogP contribution in [0.5, 0.6) is 5.75 Å². The molecule has 2 aliphatic rings. The first kappa shape index (κ1) is 24.1. The lowest BCUT2D eigenvalue weighted by Gasteiger charge is -2.20. The lowest BCUT2D eigenvalue weighted by Crippen LogP contribution is -2.35. The topological polar surface area (TPSA) is 83.0 Å². The lowest BCUT2D eigenvalue weighted by atomic mass is 9.98. The Balaban J connectivity index is 1.41. The van der Waals surface area contributed by atoms with Crippen molar-refractivity contribution in [3.63, 3.8) is 0 Å². The number of nitrogens with zero attached hydrogens (tertiary/aromatic N) is 4. The molecule has 2 aliphatic heterocycles. The number of aliphatic imine (C=N–C) groups is 1. The van der Waals surface area contributed by atoms with Crippen molar-refractivity contribution in [2.75, 3.05) is 6.61 Å². The molecule has 0 saturated heterocycles. The van der Waals surface area contributed by atoms with Gasteiger partial charge in [-0.05, 0) is 54.3 Å². The van der Waals surface area contributed by atoms with Gasteiger partial charge in [-0.25, -0.2) is 0 Å². The minimum atomic E-state index is -0.409. The fraction of sp³-hybridized carbons (Fsp3) is 0.286. The van der Waals surface area contributed by atoms with Crippen molar-refractivity contribution in [1.29, 1.82) is 5.41 Å². The number of aromatic nitrogens is 1. The largest absolute Gasteiger partial charge is 0.491 e. The van der Waals surface area contributed by atoms with Gasteiger partial charge < -0.3 is 9.30 Å². The quantitative estimate of drug-likeness (QED) is 0.371. The molecular weight excluding hydrogens is 470 g/mol. The maximum atomic E-state index is 12.8. The summed E-state index contributed by atoms with van der Waals surface area (Å²) in [5.74, 6) is 1.01. The average molecular weight is 500 g/mol. The van der Waals surface area contributed by atoms with E-state index in [9.17, 15) is 4.79 Å². The third-order valence-corrected chi connectivity index (χ3v) is 7.62. The first-order chi connectivity index (χ1) is 17.5. The fourth-order valence-electron chi connectivity index (χ4n) is 4.40. The number of nitrogens with one attached hydrogen (secondary N) is 1. The minimum absolute atomic E-state index is 0.0581. The predicted octanol–water partition coefficient (Wildman–Crippen LogP) is 6.26. The summed E-state index contributed by atoms with van der Waals surface area (Å²) in [6.45, 7) is 7.56. The Morgan fingerprint density at radius 1 is 1.14 bits per heavy atom. The molecular formula is C28H29N5O2S. The Bertz CT molecular complexity index is 1430. The molecule has 0 fully saturated rings. The first-order valence-electron chi connectivity index (χ1n) is 12.3. The van der Waals surface area contributed by atoms with E-state index < -0.39 is 5.91 Å². The summed E-state index contributed by atoms with van der Waals surface area (Å²) >= 11 is 1.35. The van der Waals surface area contributed by atoms with Crippen molar-refractivity contribution in [2.45, 2.75) is 46.1 Å². The van der Waals surface area contributed by atoms with Crippen LogP contribution in [0.15, 0.2) is 70.4 Å². The second kappa shape index (κ2) is 10.1. The molecule has 0 radical (unpaired) electrons. The second-order valence-electron chi connectivity index (χ2n) is 8.86. The number of amides is 1. The van der Waals surface area contributed by atoms with Gasteiger partial charge in [0.1, 0.15) is 17.4 Å². The van der Waals surface area contributed by atoms with E-state index in [1.807, 2.05) is 43.5 Å². The van der Waals surface area contributed by atoms with Gasteiger partial charge in [0.05, 0.1) is 12.1 Å². The Morgan fingerprint density at radius 2 is 1.92 bits per heavy atom. The Labute approximate surface area is 215 Å². The summed E-state index contributed by atoms with van der Waals surface area (Å²) in [4.78, 5) is 17.0. The van der Waals surface area contributed by atoms with E-state index in [-0.39, 0.29) is 11.4 Å². The monoisotopic (exact) mass is 499 g/mol. The number of hydrazone groups is 1. The average Bonchev–Trinajstić information content (AvgIpc) is 3.48. The van der Waals surface area contributed by atoms with Crippen LogP contribution in [0.25, 0.3) is 17.0 Å². The van der Waals surface area contributed by atoms with E-state index in [1.165, 1.54) is 22.3 Å². The van der Waals surface area contributed by atoms with E-state index in [4.69, 9.17) is 10.1 Å². The highest BCUT2D eigenvalue weighted by Crippen LogP contribution is 2.31. The molecule has 8 heteroatoms. The summed E-state index contributed by atoms with van der Waals surface area (Å²) in [5.41, 5.74) is 3.38. The van der Waals surface area contributed by atoms with Crippen molar-refractivity contribution in [3.05, 3.63) is 71.4 Å². The molecule has 0 saturated carbocycles. The van der Waals surface area contributed by atoms with Crippen LogP contribution >= 0.6 is 11.8 Å². The smallest absolute Gasteiger partial charge is 0.283 e. The van der Waals surface area contributed by atoms with Gasteiger partial charge in [0, 0.05) is 22.7 Å². The number of para-hydroxylation sites is 2. The lowest BCUT2D eigenvalue weighted by molar-refractivity contribution is -0.114. The van der Waals surface area contributed by atoms with Gasteiger partial charge in [-0.3, -0.25) is 10.2 Å². The first-order valence-corrected chi connectivity index (χ1v) is 13.1. The third kappa shape index (κ3) is 4.48. The van der Waals surface area contributed by atoms with E-state index in [2.05, 4.69) is 46.7 Å². The summed E-state index contributed by atoms with van der Waals surface area (Å²) in [7, 11) is 0. The van der Waals surface area contributed by atoms with Gasteiger partial charge in [-0.2, -0.15) is 15.1 Å². The molecule has 1 amide bonds. The van der Waals surface area contributed by atoms with Crippen molar-refractivity contribution < 1.29 is 9.53 Å². The van der Waals surface area contributed by atoms with Crippen LogP contribution in [0.4, 0.5) is 0 Å². The molecule has 3 aromatic rings. The highest BCUT2D eigenvalue weighted by molar-refractivity contribution is 8.26. The fourth-order valence-corrected chi connectivity index (χ4v) is 5.22. The number of carbonyl (C=O) groups excluding carboxylic acids is 1. The van der Waals surface area contributed by atoms with Crippen molar-refractivity contribution in [3.8, 4) is 5.75 Å². The molecule has 0 bridgehead atoms. The number of amidine groups is 2. The number of carbonyl (C=O) groups is 1. The van der Waals surface area contributed by atoms with Gasteiger partial charge in [0.15, 0.2) is 5.84 Å². The standard InChI is InChI=1S/C28H29N5O2S/c1-4-18(3)20-10-7-9-13-24(20)35-15-14-32-17-19(21-11-6-8-12-23(21)32)16-22-26(29)33-28(30-27(22)34)36-25(5-2)31-33/h6-13,16-18,29H,4-5,14-15H2,1-3H3/b22-16-,29-26?/t18-/m0/s1. The molecule has 3 heterocycles. The van der Waals surface area contributed by atoms with Crippen molar-refractivity contribution in [1.82, 2.24) is 9.58 Å². The molecule has 1 aromatic heterocycles. The number of fused-ring (bicyclic) bond motifs is 2. The molecule has 36 heavy (non-hydrogen) atoms. The van der Waals surface area contributed by atoms with Crippen LogP contribution in [-0.2, 0) is 11.3 Å². The van der Waals surface area contributed by atoms with Crippen LogP contribution in [0.1, 0.15) is 50.7 Å². The van der Waals surface area contributed by atoms with Gasteiger partial charge in [-0.1, -0.05) is 57.2 Å². The molecule has 1 N–H and O–H groups in total. The normalized spacial score (nSPS) is 17.4. The Hall–Kier alpha value is -3.65. The van der Waals surface area contributed by atoms with Crippen LogP contribution in [0.3, 0.4) is 0 Å². The number of hydrogen-bond acceptors (Lipinski definition) is 5. The summed E-state index contributed by atoms with van der Waals surface area (Å²) in [5, 5.41) is 16.8. The predicted molar refractivity (Wildman–Crippen MR) is 148 cm³/mol. The van der Waals surface area contributed by atoms with Gasteiger partial charge in [-0.15, -0.1) is 0 Å². The number of hydrogen-bond donors (Lipinski definition) is 1. The van der Waals surface area contributed by atoms with Crippen LogP contribution in [0.2, 0.25) is 0 Å². The SMILES string of the molecule is CCC1=NN2C(=N)/C(=C/c3cn(CCOc4ccccc4[C@@H](C)CC)c4ccccc34)C(=O)N=C2S1. The molecule has 1 atom stereocenters. The van der Waals surface area contributed by atoms with Crippen molar-refractivity contribution in [2.24, 2.45) is 10.1 Å². The van der Waals surface area contributed by atoms with E-state index in [0.717, 1.165) is 40.1 Å². The van der Waals surface area contributed by atoms with Crippen LogP contribution < -0.4 is 4.74 Å². The maximum Gasteiger partial charge on any atom is 0.283 e. The molecule has 5 rings (SSSR count). The summed E-state index contributed by atoms with van der Waals surface area (Å²) in [6.07, 6.45) is 5.56. The Morgan fingerprint density at radius 3 is 2.72 bits per heavy atom. The second-order valence-corrected chi connectivity index (χ2v) is 9.90. The van der Waals surface area contributed by atoms with Gasteiger partial charge in [0.25, 0.3) is 5.91 Å². The highest BCUT2D eigenvalue weighted by atomic mass is 32.2.